The van der Waals surface area contributed by atoms with Gasteiger partial charge >= 0.3 is 0 Å². The summed E-state index contributed by atoms with van der Waals surface area (Å²) in [6.07, 6.45) is 3.64. The summed E-state index contributed by atoms with van der Waals surface area (Å²) in [5, 5.41) is 0. The highest BCUT2D eigenvalue weighted by Gasteiger charge is 2.15. The van der Waals surface area contributed by atoms with Crippen molar-refractivity contribution in [3.63, 3.8) is 0 Å². The predicted octanol–water partition coefficient (Wildman–Crippen LogP) is 3.15. The summed E-state index contributed by atoms with van der Waals surface area (Å²) in [7, 11) is 0. The molecule has 0 amide bonds. The Kier molecular flexibility index (Phi) is 3.45. The van der Waals surface area contributed by atoms with Gasteiger partial charge in [0.2, 0.25) is 5.88 Å². The van der Waals surface area contributed by atoms with Gasteiger partial charge in [-0.1, -0.05) is 0 Å². The number of hydrogen-bond acceptors (Lipinski definition) is 4. The number of anilines is 1. The van der Waals surface area contributed by atoms with Crippen LogP contribution in [0.5, 0.6) is 11.6 Å². The Morgan fingerprint density at radius 2 is 1.85 bits per heavy atom. The number of rotatable bonds is 3. The smallest absolute Gasteiger partial charge is 0.224 e. The minimum Gasteiger partial charge on any atom is -0.436 e. The van der Waals surface area contributed by atoms with Gasteiger partial charge in [0.25, 0.3) is 0 Å². The summed E-state index contributed by atoms with van der Waals surface area (Å²) < 4.78 is 31.7. The summed E-state index contributed by atoms with van der Waals surface area (Å²) in [5.74, 6) is -0.457. The highest BCUT2D eigenvalue weighted by Crippen LogP contribution is 2.26. The molecule has 0 atom stereocenters. The maximum atomic E-state index is 13.5. The largest absolute Gasteiger partial charge is 0.436 e. The third-order valence-electron chi connectivity index (χ3n) is 3.17. The average molecular weight is 277 g/mol. The quantitative estimate of drug-likeness (QED) is 0.864. The van der Waals surface area contributed by atoms with Crippen LogP contribution >= 0.6 is 0 Å². The monoisotopic (exact) mass is 277 g/mol. The zero-order chi connectivity index (χ0) is 13.9. The summed E-state index contributed by atoms with van der Waals surface area (Å²) in [5.41, 5.74) is 0. The molecular formula is C14H13F2N3O. The van der Waals surface area contributed by atoms with Crippen LogP contribution in [0.2, 0.25) is 0 Å². The second-order valence-corrected chi connectivity index (χ2v) is 4.59. The minimum atomic E-state index is -0.758. The first-order valence-electron chi connectivity index (χ1n) is 6.42. The van der Waals surface area contributed by atoms with E-state index in [-0.39, 0.29) is 11.6 Å². The van der Waals surface area contributed by atoms with Crippen LogP contribution in [0.15, 0.2) is 30.6 Å². The molecule has 6 heteroatoms. The maximum absolute atomic E-state index is 13.5. The van der Waals surface area contributed by atoms with Gasteiger partial charge in [0.15, 0.2) is 11.6 Å². The van der Waals surface area contributed by atoms with Gasteiger partial charge in [0.1, 0.15) is 18.0 Å². The summed E-state index contributed by atoms with van der Waals surface area (Å²) in [6, 6.07) is 4.81. The maximum Gasteiger partial charge on any atom is 0.224 e. The van der Waals surface area contributed by atoms with Crippen LogP contribution in [0.4, 0.5) is 14.6 Å². The topological polar surface area (TPSA) is 38.2 Å². The average Bonchev–Trinajstić information content (AvgIpc) is 2.96. The molecule has 3 rings (SSSR count). The van der Waals surface area contributed by atoms with E-state index < -0.39 is 11.6 Å². The molecule has 1 aromatic carbocycles. The number of hydrogen-bond donors (Lipinski definition) is 0. The van der Waals surface area contributed by atoms with Gasteiger partial charge in [-0.15, -0.1) is 0 Å². The zero-order valence-corrected chi connectivity index (χ0v) is 10.7. The number of benzene rings is 1. The molecule has 0 aliphatic carbocycles. The molecular weight excluding hydrogens is 264 g/mol. The Morgan fingerprint density at radius 1 is 1.05 bits per heavy atom. The lowest BCUT2D eigenvalue weighted by atomic mass is 10.3. The number of ether oxygens (including phenoxy) is 1. The van der Waals surface area contributed by atoms with Crippen molar-refractivity contribution < 1.29 is 13.5 Å². The van der Waals surface area contributed by atoms with Crippen molar-refractivity contribution in [3.05, 3.63) is 42.2 Å². The lowest BCUT2D eigenvalue weighted by molar-refractivity contribution is 0.422. The summed E-state index contributed by atoms with van der Waals surface area (Å²) >= 11 is 0. The SMILES string of the molecule is Fc1ccc(Oc2cc(N3CCCC3)ncn2)c(F)c1. The van der Waals surface area contributed by atoms with E-state index in [0.717, 1.165) is 43.9 Å². The fourth-order valence-electron chi connectivity index (χ4n) is 2.18. The Bertz CT molecular complexity index is 615. The normalized spacial score (nSPS) is 14.6. The van der Waals surface area contributed by atoms with Crippen molar-refractivity contribution in [1.29, 1.82) is 0 Å². The third kappa shape index (κ3) is 2.68. The van der Waals surface area contributed by atoms with Crippen LogP contribution in [-0.4, -0.2) is 23.1 Å². The molecule has 0 radical (unpaired) electrons. The van der Waals surface area contributed by atoms with Gasteiger partial charge in [-0.2, -0.15) is 0 Å². The molecule has 0 saturated carbocycles. The first-order valence-corrected chi connectivity index (χ1v) is 6.42. The Labute approximate surface area is 115 Å². The summed E-state index contributed by atoms with van der Waals surface area (Å²) in [6.45, 7) is 1.89. The highest BCUT2D eigenvalue weighted by molar-refractivity contribution is 5.42. The van der Waals surface area contributed by atoms with Crippen LogP contribution in [0.1, 0.15) is 12.8 Å². The molecule has 0 unspecified atom stereocenters. The second-order valence-electron chi connectivity index (χ2n) is 4.59. The molecule has 1 fully saturated rings. The molecule has 2 heterocycles. The summed E-state index contributed by atoms with van der Waals surface area (Å²) in [4.78, 5) is 10.3. The highest BCUT2D eigenvalue weighted by atomic mass is 19.1. The van der Waals surface area contributed by atoms with Crippen molar-refractivity contribution in [2.24, 2.45) is 0 Å². The molecule has 1 aromatic heterocycles. The van der Waals surface area contributed by atoms with Crippen molar-refractivity contribution in [2.45, 2.75) is 12.8 Å². The minimum absolute atomic E-state index is 0.0579. The third-order valence-corrected chi connectivity index (χ3v) is 3.17. The van der Waals surface area contributed by atoms with Gasteiger partial charge in [0, 0.05) is 25.2 Å². The molecule has 0 spiro atoms. The Balaban J connectivity index is 1.81. The first kappa shape index (κ1) is 12.8. The van der Waals surface area contributed by atoms with E-state index >= 15 is 0 Å². The van der Waals surface area contributed by atoms with E-state index in [4.69, 9.17) is 4.74 Å². The van der Waals surface area contributed by atoms with Crippen LogP contribution in [-0.2, 0) is 0 Å². The van der Waals surface area contributed by atoms with E-state index in [1.807, 2.05) is 0 Å². The molecule has 4 nitrogen and oxygen atoms in total. The van der Waals surface area contributed by atoms with Gasteiger partial charge in [-0.3, -0.25) is 0 Å². The van der Waals surface area contributed by atoms with E-state index in [1.165, 1.54) is 12.4 Å². The Hall–Kier alpha value is -2.24. The van der Waals surface area contributed by atoms with Gasteiger partial charge in [-0.05, 0) is 25.0 Å². The van der Waals surface area contributed by atoms with Crippen molar-refractivity contribution in [2.75, 3.05) is 18.0 Å². The lowest BCUT2D eigenvalue weighted by Gasteiger charge is -2.16. The second kappa shape index (κ2) is 5.40. The van der Waals surface area contributed by atoms with Gasteiger partial charge in [-0.25, -0.2) is 18.7 Å². The predicted molar refractivity (Wildman–Crippen MR) is 69.9 cm³/mol. The van der Waals surface area contributed by atoms with Gasteiger partial charge < -0.3 is 9.64 Å². The molecule has 0 bridgehead atoms. The van der Waals surface area contributed by atoms with Crippen molar-refractivity contribution >= 4 is 5.82 Å². The fourth-order valence-corrected chi connectivity index (χ4v) is 2.18. The zero-order valence-electron chi connectivity index (χ0n) is 10.7. The van der Waals surface area contributed by atoms with E-state index in [2.05, 4.69) is 14.9 Å². The molecule has 2 aromatic rings. The van der Waals surface area contributed by atoms with E-state index in [0.29, 0.717) is 0 Å². The fraction of sp³-hybridized carbons (Fsp3) is 0.286. The van der Waals surface area contributed by atoms with Gasteiger partial charge in [0.05, 0.1) is 0 Å². The standard InChI is InChI=1S/C14H13F2N3O/c15-10-3-4-12(11(16)7-10)20-14-8-13(17-9-18-14)19-5-1-2-6-19/h3-4,7-9H,1-2,5-6H2. The number of aromatic nitrogens is 2. The van der Waals surface area contributed by atoms with Crippen LogP contribution in [0.25, 0.3) is 0 Å². The van der Waals surface area contributed by atoms with Crippen LogP contribution in [0.3, 0.4) is 0 Å². The van der Waals surface area contributed by atoms with Crippen molar-refractivity contribution in [3.8, 4) is 11.6 Å². The van der Waals surface area contributed by atoms with E-state index in [1.54, 1.807) is 6.07 Å². The first-order chi connectivity index (χ1) is 9.72. The van der Waals surface area contributed by atoms with Crippen molar-refractivity contribution in [1.82, 2.24) is 9.97 Å². The molecule has 0 N–H and O–H groups in total. The molecule has 1 aliphatic heterocycles. The Morgan fingerprint density at radius 3 is 2.60 bits per heavy atom. The van der Waals surface area contributed by atoms with Crippen LogP contribution < -0.4 is 9.64 Å². The molecule has 1 aliphatic rings. The van der Waals surface area contributed by atoms with Crippen LogP contribution in [0, 0.1) is 11.6 Å². The number of halogens is 2. The van der Waals surface area contributed by atoms with E-state index in [9.17, 15) is 8.78 Å². The molecule has 20 heavy (non-hydrogen) atoms. The molecule has 1 saturated heterocycles. The number of nitrogens with zero attached hydrogens (tertiary/aromatic N) is 3. The molecule has 104 valence electrons. The lowest BCUT2D eigenvalue weighted by Crippen LogP contribution is -2.18.